The first-order valence-electron chi connectivity index (χ1n) is 10.4. The fraction of sp³-hybridized carbons (Fsp3) is 0.0769. The molecular formula is C26H20ClN3O4. The van der Waals surface area contributed by atoms with Gasteiger partial charge in [-0.25, -0.2) is 5.43 Å². The summed E-state index contributed by atoms with van der Waals surface area (Å²) in [7, 11) is 0. The summed E-state index contributed by atoms with van der Waals surface area (Å²) >= 11 is 5.95. The first-order chi connectivity index (χ1) is 16.5. The average molecular weight is 474 g/mol. The van der Waals surface area contributed by atoms with Gasteiger partial charge in [0.1, 0.15) is 12.4 Å². The number of nitrogens with one attached hydrogen (secondary N) is 1. The number of nitro groups is 1. The van der Waals surface area contributed by atoms with Crippen molar-refractivity contribution in [1.82, 2.24) is 5.43 Å². The largest absolute Gasteiger partial charge is 0.488 e. The van der Waals surface area contributed by atoms with Gasteiger partial charge >= 0.3 is 0 Å². The van der Waals surface area contributed by atoms with Gasteiger partial charge in [0.15, 0.2) is 0 Å². The van der Waals surface area contributed by atoms with Crippen molar-refractivity contribution >= 4 is 40.2 Å². The molecule has 170 valence electrons. The van der Waals surface area contributed by atoms with E-state index in [2.05, 4.69) is 10.5 Å². The minimum absolute atomic E-state index is 0.0238. The molecule has 4 aromatic carbocycles. The van der Waals surface area contributed by atoms with E-state index >= 15 is 0 Å². The first-order valence-corrected chi connectivity index (χ1v) is 10.8. The predicted molar refractivity (Wildman–Crippen MR) is 132 cm³/mol. The lowest BCUT2D eigenvalue weighted by Gasteiger charge is -2.12. The van der Waals surface area contributed by atoms with Crippen molar-refractivity contribution in [2.45, 2.75) is 13.0 Å². The minimum atomic E-state index is -0.481. The van der Waals surface area contributed by atoms with Crippen LogP contribution < -0.4 is 10.2 Å². The van der Waals surface area contributed by atoms with Crippen molar-refractivity contribution in [2.24, 2.45) is 5.10 Å². The maximum atomic E-state index is 12.3. The second-order valence-electron chi connectivity index (χ2n) is 7.51. The number of nitrogens with zero attached hydrogens (tertiary/aromatic N) is 2. The van der Waals surface area contributed by atoms with Crippen LogP contribution in [-0.4, -0.2) is 17.0 Å². The lowest BCUT2D eigenvalue weighted by atomic mass is 10.0. The highest BCUT2D eigenvalue weighted by molar-refractivity contribution is 6.30. The number of rotatable bonds is 8. The van der Waals surface area contributed by atoms with Crippen molar-refractivity contribution < 1.29 is 14.5 Å². The van der Waals surface area contributed by atoms with Gasteiger partial charge in [-0.3, -0.25) is 14.9 Å². The molecule has 4 rings (SSSR count). The summed E-state index contributed by atoms with van der Waals surface area (Å²) in [5.41, 5.74) is 4.85. The van der Waals surface area contributed by atoms with E-state index in [0.717, 1.165) is 21.9 Å². The average Bonchev–Trinajstić information content (AvgIpc) is 2.84. The van der Waals surface area contributed by atoms with E-state index in [4.69, 9.17) is 16.3 Å². The molecule has 0 radical (unpaired) electrons. The molecule has 0 aliphatic carbocycles. The van der Waals surface area contributed by atoms with Crippen LogP contribution in [0.2, 0.25) is 5.02 Å². The molecule has 1 amide bonds. The fourth-order valence-corrected chi connectivity index (χ4v) is 3.53. The van der Waals surface area contributed by atoms with Crippen LogP contribution in [0.1, 0.15) is 16.7 Å². The number of halogens is 1. The SMILES string of the molecule is O=C(Cc1ccc([N+](=O)[O-])cc1)N/N=C\c1c(OCc2ccc(Cl)cc2)ccc2ccccc12. The molecule has 0 aliphatic rings. The van der Waals surface area contributed by atoms with E-state index in [0.29, 0.717) is 22.9 Å². The standard InChI is InChI=1S/C26H20ClN3O4/c27-21-10-5-19(6-11-21)17-34-25-14-9-20-3-1-2-4-23(20)24(25)16-28-29-26(31)15-18-7-12-22(13-8-18)30(32)33/h1-14,16H,15,17H2,(H,29,31)/b28-16-. The molecule has 8 heteroatoms. The van der Waals surface area contributed by atoms with Crippen molar-refractivity contribution in [3.05, 3.63) is 117 Å². The molecule has 0 heterocycles. The highest BCUT2D eigenvalue weighted by Gasteiger charge is 2.09. The molecule has 7 nitrogen and oxygen atoms in total. The van der Waals surface area contributed by atoms with E-state index in [1.165, 1.54) is 12.1 Å². The molecule has 0 fully saturated rings. The van der Waals surface area contributed by atoms with Gasteiger partial charge in [-0.2, -0.15) is 5.10 Å². The Morgan fingerprint density at radius 2 is 1.68 bits per heavy atom. The van der Waals surface area contributed by atoms with Crippen molar-refractivity contribution in [2.75, 3.05) is 0 Å². The predicted octanol–water partition coefficient (Wildman–Crippen LogP) is 5.67. The molecule has 4 aromatic rings. The molecule has 0 unspecified atom stereocenters. The third-order valence-electron chi connectivity index (χ3n) is 5.13. The molecule has 0 atom stereocenters. The number of hydrogen-bond donors (Lipinski definition) is 1. The quantitative estimate of drug-likeness (QED) is 0.202. The molecule has 34 heavy (non-hydrogen) atoms. The Hall–Kier alpha value is -4.23. The highest BCUT2D eigenvalue weighted by Crippen LogP contribution is 2.27. The van der Waals surface area contributed by atoms with Crippen LogP contribution in [0, 0.1) is 10.1 Å². The van der Waals surface area contributed by atoms with Gasteiger partial charge in [0, 0.05) is 22.7 Å². The smallest absolute Gasteiger partial charge is 0.269 e. The van der Waals surface area contributed by atoms with E-state index in [9.17, 15) is 14.9 Å². The zero-order valence-electron chi connectivity index (χ0n) is 18.0. The van der Waals surface area contributed by atoms with E-state index < -0.39 is 4.92 Å². The van der Waals surface area contributed by atoms with Gasteiger partial charge in [0.05, 0.1) is 17.6 Å². The maximum Gasteiger partial charge on any atom is 0.269 e. The number of carbonyl (C=O) groups is 1. The number of non-ortho nitro benzene ring substituents is 1. The second kappa shape index (κ2) is 10.6. The van der Waals surface area contributed by atoms with Crippen LogP contribution in [0.4, 0.5) is 5.69 Å². The normalized spacial score (nSPS) is 11.0. The molecule has 0 bridgehead atoms. The van der Waals surface area contributed by atoms with Crippen molar-refractivity contribution in [3.8, 4) is 5.75 Å². The molecule has 0 spiro atoms. The van der Waals surface area contributed by atoms with E-state index in [1.54, 1.807) is 18.3 Å². The highest BCUT2D eigenvalue weighted by atomic mass is 35.5. The molecule has 1 N–H and O–H groups in total. The van der Waals surface area contributed by atoms with Gasteiger partial charge in [0.2, 0.25) is 5.91 Å². The van der Waals surface area contributed by atoms with Crippen LogP contribution in [0.15, 0.2) is 90.0 Å². The summed E-state index contributed by atoms with van der Waals surface area (Å²) in [5.74, 6) is 0.288. The Kier molecular flexibility index (Phi) is 7.15. The topological polar surface area (TPSA) is 93.8 Å². The summed E-state index contributed by atoms with van der Waals surface area (Å²) in [5, 5.41) is 17.5. The number of hydrazone groups is 1. The van der Waals surface area contributed by atoms with Crippen molar-refractivity contribution in [3.63, 3.8) is 0 Å². The maximum absolute atomic E-state index is 12.3. The Morgan fingerprint density at radius 3 is 2.41 bits per heavy atom. The zero-order valence-corrected chi connectivity index (χ0v) is 18.7. The van der Waals surface area contributed by atoms with Gasteiger partial charge in [-0.05, 0) is 40.1 Å². The third-order valence-corrected chi connectivity index (χ3v) is 5.38. The summed E-state index contributed by atoms with van der Waals surface area (Å²) in [4.78, 5) is 22.6. The van der Waals surface area contributed by atoms with Gasteiger partial charge in [0.25, 0.3) is 5.69 Å². The molecule has 0 saturated carbocycles. The summed E-state index contributed by atoms with van der Waals surface area (Å²) < 4.78 is 6.05. The second-order valence-corrected chi connectivity index (χ2v) is 7.94. The minimum Gasteiger partial charge on any atom is -0.488 e. The van der Waals surface area contributed by atoms with Crippen LogP contribution in [0.25, 0.3) is 10.8 Å². The number of nitro benzene ring substituents is 1. The van der Waals surface area contributed by atoms with Crippen LogP contribution in [0.5, 0.6) is 5.75 Å². The third kappa shape index (κ3) is 5.76. The summed E-state index contributed by atoms with van der Waals surface area (Å²) in [6.45, 7) is 0.350. The Labute approximate surface area is 200 Å². The van der Waals surface area contributed by atoms with Gasteiger partial charge < -0.3 is 4.74 Å². The zero-order chi connectivity index (χ0) is 23.9. The molecule has 0 aromatic heterocycles. The Morgan fingerprint density at radius 1 is 0.971 bits per heavy atom. The van der Waals surface area contributed by atoms with E-state index in [1.807, 2.05) is 60.7 Å². The van der Waals surface area contributed by atoms with Gasteiger partial charge in [-0.15, -0.1) is 0 Å². The summed E-state index contributed by atoms with van der Waals surface area (Å²) in [6, 6.07) is 24.9. The number of ether oxygens (including phenoxy) is 1. The first kappa shape index (κ1) is 22.9. The van der Waals surface area contributed by atoms with Crippen LogP contribution in [-0.2, 0) is 17.8 Å². The Balaban J connectivity index is 1.48. The Bertz CT molecular complexity index is 1350. The monoisotopic (exact) mass is 473 g/mol. The lowest BCUT2D eigenvalue weighted by Crippen LogP contribution is -2.19. The fourth-order valence-electron chi connectivity index (χ4n) is 3.41. The number of benzene rings is 4. The van der Waals surface area contributed by atoms with Crippen LogP contribution in [0.3, 0.4) is 0 Å². The van der Waals surface area contributed by atoms with Gasteiger partial charge in [-0.1, -0.05) is 66.2 Å². The summed E-state index contributed by atoms with van der Waals surface area (Å²) in [6.07, 6.45) is 1.61. The lowest BCUT2D eigenvalue weighted by molar-refractivity contribution is -0.384. The molecule has 0 aliphatic heterocycles. The molecular weight excluding hydrogens is 454 g/mol. The number of amides is 1. The number of fused-ring (bicyclic) bond motifs is 1. The molecule has 0 saturated heterocycles. The number of carbonyl (C=O) groups excluding carboxylic acids is 1. The van der Waals surface area contributed by atoms with E-state index in [-0.39, 0.29) is 18.0 Å². The van der Waals surface area contributed by atoms with Crippen LogP contribution >= 0.6 is 11.6 Å². The number of hydrogen-bond acceptors (Lipinski definition) is 5. The van der Waals surface area contributed by atoms with Crippen molar-refractivity contribution in [1.29, 1.82) is 0 Å².